The molecular formula is C22H28N2O4S. The van der Waals surface area contributed by atoms with E-state index in [1.54, 1.807) is 16.4 Å². The number of amides is 1. The fraction of sp³-hybridized carbons (Fsp3) is 0.409. The first-order chi connectivity index (χ1) is 13.9. The molecule has 0 radical (unpaired) electrons. The Bertz CT molecular complexity index is 947. The number of nitrogens with one attached hydrogen (secondary N) is 1. The molecule has 1 fully saturated rings. The highest BCUT2D eigenvalue weighted by Gasteiger charge is 2.25. The van der Waals surface area contributed by atoms with Gasteiger partial charge in [0.05, 0.1) is 4.90 Å². The summed E-state index contributed by atoms with van der Waals surface area (Å²) in [4.78, 5) is 12.4. The van der Waals surface area contributed by atoms with Crippen LogP contribution in [-0.2, 0) is 14.8 Å². The summed E-state index contributed by atoms with van der Waals surface area (Å²) < 4.78 is 32.7. The van der Waals surface area contributed by atoms with Gasteiger partial charge in [0.15, 0.2) is 6.61 Å². The monoisotopic (exact) mass is 416 g/mol. The number of hydrogen-bond donors (Lipinski definition) is 1. The van der Waals surface area contributed by atoms with Gasteiger partial charge in [-0.3, -0.25) is 4.79 Å². The molecule has 29 heavy (non-hydrogen) atoms. The lowest BCUT2D eigenvalue weighted by Gasteiger charge is -2.20. The molecule has 0 bridgehead atoms. The molecule has 0 spiro atoms. The van der Waals surface area contributed by atoms with Crippen molar-refractivity contribution in [3.05, 3.63) is 53.6 Å². The maximum atomic E-state index is 12.8. The van der Waals surface area contributed by atoms with Crippen molar-refractivity contribution in [2.45, 2.75) is 44.4 Å². The number of carbonyl (C=O) groups is 1. The molecule has 0 aliphatic carbocycles. The molecule has 2 aromatic rings. The van der Waals surface area contributed by atoms with E-state index in [1.165, 1.54) is 12.1 Å². The Balaban J connectivity index is 1.58. The van der Waals surface area contributed by atoms with Gasteiger partial charge in [0.1, 0.15) is 5.75 Å². The predicted octanol–water partition coefficient (Wildman–Crippen LogP) is 3.89. The van der Waals surface area contributed by atoms with Crippen LogP contribution in [0.5, 0.6) is 5.75 Å². The van der Waals surface area contributed by atoms with Crippen molar-refractivity contribution < 1.29 is 17.9 Å². The molecule has 6 nitrogen and oxygen atoms in total. The highest BCUT2D eigenvalue weighted by molar-refractivity contribution is 7.89. The van der Waals surface area contributed by atoms with E-state index in [1.807, 2.05) is 32.0 Å². The predicted molar refractivity (Wildman–Crippen MR) is 114 cm³/mol. The number of benzene rings is 2. The van der Waals surface area contributed by atoms with E-state index in [0.717, 1.165) is 42.5 Å². The van der Waals surface area contributed by atoms with Gasteiger partial charge in [-0.15, -0.1) is 0 Å². The van der Waals surface area contributed by atoms with Gasteiger partial charge in [-0.2, -0.15) is 4.31 Å². The minimum absolute atomic E-state index is 0.147. The van der Waals surface area contributed by atoms with Crippen LogP contribution in [0.1, 0.15) is 36.8 Å². The summed E-state index contributed by atoms with van der Waals surface area (Å²) in [6.45, 7) is 4.93. The van der Waals surface area contributed by atoms with Gasteiger partial charge in [-0.1, -0.05) is 30.5 Å². The third kappa shape index (κ3) is 5.58. The Kier molecular flexibility index (Phi) is 6.92. The molecular weight excluding hydrogens is 388 g/mol. The largest absolute Gasteiger partial charge is 0.484 e. The van der Waals surface area contributed by atoms with Gasteiger partial charge in [0, 0.05) is 18.8 Å². The topological polar surface area (TPSA) is 75.7 Å². The van der Waals surface area contributed by atoms with Crippen molar-refractivity contribution >= 4 is 21.6 Å². The Morgan fingerprint density at radius 2 is 1.66 bits per heavy atom. The van der Waals surface area contributed by atoms with E-state index in [0.29, 0.717) is 18.8 Å². The van der Waals surface area contributed by atoms with Gasteiger partial charge in [-0.05, 0) is 62.6 Å². The molecule has 7 heteroatoms. The van der Waals surface area contributed by atoms with E-state index < -0.39 is 10.0 Å². The summed E-state index contributed by atoms with van der Waals surface area (Å²) in [5.41, 5.74) is 2.87. The van der Waals surface area contributed by atoms with Crippen molar-refractivity contribution in [2.75, 3.05) is 25.0 Å². The Morgan fingerprint density at radius 3 is 2.28 bits per heavy atom. The summed E-state index contributed by atoms with van der Waals surface area (Å²) in [6, 6.07) is 12.1. The van der Waals surface area contributed by atoms with E-state index in [4.69, 9.17) is 4.74 Å². The SMILES string of the molecule is Cc1ccc(NC(=O)COc2ccc(S(=O)(=O)N3CCCCCC3)cc2)c(C)c1. The molecule has 0 saturated carbocycles. The lowest BCUT2D eigenvalue weighted by atomic mass is 10.1. The Morgan fingerprint density at radius 1 is 1.00 bits per heavy atom. The van der Waals surface area contributed by atoms with E-state index in [9.17, 15) is 13.2 Å². The number of ether oxygens (including phenoxy) is 1. The van der Waals surface area contributed by atoms with Crippen LogP contribution >= 0.6 is 0 Å². The fourth-order valence-electron chi connectivity index (χ4n) is 3.43. The molecule has 1 aliphatic rings. The Labute approximate surface area is 172 Å². The smallest absolute Gasteiger partial charge is 0.262 e. The molecule has 1 amide bonds. The number of aryl methyl sites for hydroxylation is 2. The average molecular weight is 417 g/mol. The molecule has 0 aromatic heterocycles. The minimum atomic E-state index is -3.48. The van der Waals surface area contributed by atoms with Crippen LogP contribution in [-0.4, -0.2) is 38.3 Å². The first-order valence-electron chi connectivity index (χ1n) is 9.96. The molecule has 0 atom stereocenters. The second-order valence-electron chi connectivity index (χ2n) is 7.44. The molecule has 1 heterocycles. The van der Waals surface area contributed by atoms with Gasteiger partial charge in [-0.25, -0.2) is 8.42 Å². The van der Waals surface area contributed by atoms with Gasteiger partial charge in [0.2, 0.25) is 10.0 Å². The van der Waals surface area contributed by atoms with Crippen LogP contribution in [0.2, 0.25) is 0 Å². The Hall–Kier alpha value is -2.38. The molecule has 3 rings (SSSR count). The highest BCUT2D eigenvalue weighted by Crippen LogP contribution is 2.22. The van der Waals surface area contributed by atoms with E-state index in [2.05, 4.69) is 5.32 Å². The van der Waals surface area contributed by atoms with Crippen molar-refractivity contribution in [1.82, 2.24) is 4.31 Å². The maximum absolute atomic E-state index is 12.8. The molecule has 1 aliphatic heterocycles. The third-order valence-corrected chi connectivity index (χ3v) is 6.97. The maximum Gasteiger partial charge on any atom is 0.262 e. The molecule has 156 valence electrons. The lowest BCUT2D eigenvalue weighted by molar-refractivity contribution is -0.118. The summed E-state index contributed by atoms with van der Waals surface area (Å²) >= 11 is 0. The van der Waals surface area contributed by atoms with E-state index in [-0.39, 0.29) is 17.4 Å². The molecule has 1 saturated heterocycles. The van der Waals surface area contributed by atoms with Gasteiger partial charge >= 0.3 is 0 Å². The zero-order valence-corrected chi connectivity index (χ0v) is 17.8. The zero-order valence-electron chi connectivity index (χ0n) is 17.0. The summed E-state index contributed by atoms with van der Waals surface area (Å²) in [7, 11) is -3.48. The lowest BCUT2D eigenvalue weighted by Crippen LogP contribution is -2.31. The number of carbonyl (C=O) groups excluding carboxylic acids is 1. The summed E-state index contributed by atoms with van der Waals surface area (Å²) in [5, 5.41) is 2.83. The number of nitrogens with zero attached hydrogens (tertiary/aromatic N) is 1. The highest BCUT2D eigenvalue weighted by atomic mass is 32.2. The van der Waals surface area contributed by atoms with Crippen LogP contribution in [0.3, 0.4) is 0 Å². The molecule has 1 N–H and O–H groups in total. The summed E-state index contributed by atoms with van der Waals surface area (Å²) in [6.07, 6.45) is 3.94. The molecule has 0 unspecified atom stereocenters. The normalized spacial score (nSPS) is 15.5. The van der Waals surface area contributed by atoms with Crippen LogP contribution < -0.4 is 10.1 Å². The van der Waals surface area contributed by atoms with Gasteiger partial charge in [0.25, 0.3) is 5.91 Å². The van der Waals surface area contributed by atoms with E-state index >= 15 is 0 Å². The fourth-order valence-corrected chi connectivity index (χ4v) is 4.95. The first-order valence-corrected chi connectivity index (χ1v) is 11.4. The molecule has 2 aromatic carbocycles. The van der Waals surface area contributed by atoms with Crippen LogP contribution in [0, 0.1) is 13.8 Å². The van der Waals surface area contributed by atoms with Crippen LogP contribution in [0.25, 0.3) is 0 Å². The second-order valence-corrected chi connectivity index (χ2v) is 9.38. The minimum Gasteiger partial charge on any atom is -0.484 e. The first kappa shape index (κ1) is 21.3. The quantitative estimate of drug-likeness (QED) is 0.775. The van der Waals surface area contributed by atoms with Crippen molar-refractivity contribution in [2.24, 2.45) is 0 Å². The number of sulfonamides is 1. The third-order valence-electron chi connectivity index (χ3n) is 5.05. The van der Waals surface area contributed by atoms with Crippen LogP contribution in [0.4, 0.5) is 5.69 Å². The number of anilines is 1. The standard InChI is InChI=1S/C22H28N2O4S/c1-17-7-12-21(18(2)15-17)23-22(25)16-28-19-8-10-20(11-9-19)29(26,27)24-13-5-3-4-6-14-24/h7-12,15H,3-6,13-14,16H2,1-2H3,(H,23,25). The van der Waals surface area contributed by atoms with Crippen LogP contribution in [0.15, 0.2) is 47.4 Å². The summed E-state index contributed by atoms with van der Waals surface area (Å²) in [5.74, 6) is 0.189. The average Bonchev–Trinajstić information content (AvgIpc) is 2.99. The number of rotatable bonds is 6. The van der Waals surface area contributed by atoms with Crippen molar-refractivity contribution in [3.63, 3.8) is 0 Å². The second kappa shape index (κ2) is 9.41. The van der Waals surface area contributed by atoms with Crippen molar-refractivity contribution in [3.8, 4) is 5.75 Å². The van der Waals surface area contributed by atoms with Crippen molar-refractivity contribution in [1.29, 1.82) is 0 Å². The number of hydrogen-bond acceptors (Lipinski definition) is 4. The zero-order chi connectivity index (χ0) is 20.9. The van der Waals surface area contributed by atoms with Gasteiger partial charge < -0.3 is 10.1 Å².